The zero-order chi connectivity index (χ0) is 15.8. The lowest BCUT2D eigenvalue weighted by molar-refractivity contribution is 0.102. The summed E-state index contributed by atoms with van der Waals surface area (Å²) in [5.74, 6) is -0.221. The zero-order valence-corrected chi connectivity index (χ0v) is 12.0. The number of carbonyl (C=O) groups is 1. The highest BCUT2D eigenvalue weighted by Crippen LogP contribution is 2.19. The summed E-state index contributed by atoms with van der Waals surface area (Å²) in [6.45, 7) is 0. The van der Waals surface area contributed by atoms with Crippen molar-refractivity contribution < 1.29 is 4.79 Å². The van der Waals surface area contributed by atoms with Gasteiger partial charge in [-0.2, -0.15) is 0 Å². The summed E-state index contributed by atoms with van der Waals surface area (Å²) in [5.41, 5.74) is 3.00. The summed E-state index contributed by atoms with van der Waals surface area (Å²) in [6.07, 6.45) is 1.69. The molecular weight excluding hydrogens is 292 g/mol. The number of rotatable bonds is 2. The summed E-state index contributed by atoms with van der Waals surface area (Å²) in [7, 11) is 0. The standard InChI is InChI=1S/C17H12N4O2/c22-16(12-3-1-5-13-11(12)4-2-8-18-13)19-10-6-7-14-15(9-10)21-17(23)20-14/h1-9H,(H,19,22)(H2,20,21,23). The molecule has 0 saturated heterocycles. The van der Waals surface area contributed by atoms with Gasteiger partial charge in [0.05, 0.1) is 16.6 Å². The Hall–Kier alpha value is -3.41. The lowest BCUT2D eigenvalue weighted by Gasteiger charge is -2.07. The Balaban J connectivity index is 1.71. The number of benzene rings is 2. The van der Waals surface area contributed by atoms with Gasteiger partial charge in [0, 0.05) is 22.8 Å². The highest BCUT2D eigenvalue weighted by atomic mass is 16.2. The van der Waals surface area contributed by atoms with Crippen molar-refractivity contribution in [1.29, 1.82) is 0 Å². The van der Waals surface area contributed by atoms with E-state index in [4.69, 9.17) is 0 Å². The summed E-state index contributed by atoms with van der Waals surface area (Å²) in [6, 6.07) is 14.3. The molecule has 2 aromatic carbocycles. The molecule has 0 aliphatic carbocycles. The monoisotopic (exact) mass is 304 g/mol. The summed E-state index contributed by atoms with van der Waals surface area (Å²) < 4.78 is 0. The van der Waals surface area contributed by atoms with Crippen molar-refractivity contribution in [3.8, 4) is 0 Å². The van der Waals surface area contributed by atoms with Crippen LogP contribution in [0, 0.1) is 0 Å². The van der Waals surface area contributed by atoms with E-state index in [1.54, 1.807) is 42.6 Å². The van der Waals surface area contributed by atoms with Gasteiger partial charge in [-0.05, 0) is 36.4 Å². The number of fused-ring (bicyclic) bond motifs is 2. The number of hydrogen-bond acceptors (Lipinski definition) is 3. The van der Waals surface area contributed by atoms with Crippen LogP contribution in [0.3, 0.4) is 0 Å². The van der Waals surface area contributed by atoms with Crippen LogP contribution in [0.25, 0.3) is 21.9 Å². The number of H-pyrrole nitrogens is 2. The Kier molecular flexibility index (Phi) is 2.94. The number of imidazole rings is 1. The molecule has 0 spiro atoms. The molecule has 1 amide bonds. The highest BCUT2D eigenvalue weighted by Gasteiger charge is 2.11. The lowest BCUT2D eigenvalue weighted by Crippen LogP contribution is -2.12. The van der Waals surface area contributed by atoms with Crippen LogP contribution in [0.4, 0.5) is 5.69 Å². The Morgan fingerprint density at radius 3 is 2.78 bits per heavy atom. The Labute approximate surface area is 130 Å². The second-order valence-electron chi connectivity index (χ2n) is 5.17. The minimum absolute atomic E-state index is 0.221. The fourth-order valence-electron chi connectivity index (χ4n) is 2.61. The van der Waals surface area contributed by atoms with Crippen molar-refractivity contribution in [2.75, 3.05) is 5.32 Å². The van der Waals surface area contributed by atoms with E-state index in [1.165, 1.54) is 0 Å². The van der Waals surface area contributed by atoms with Gasteiger partial charge < -0.3 is 15.3 Å². The first-order chi connectivity index (χ1) is 11.2. The van der Waals surface area contributed by atoms with Crippen LogP contribution >= 0.6 is 0 Å². The second kappa shape index (κ2) is 5.10. The Morgan fingerprint density at radius 1 is 1.00 bits per heavy atom. The van der Waals surface area contributed by atoms with Gasteiger partial charge in [0.15, 0.2) is 0 Å². The topological polar surface area (TPSA) is 90.6 Å². The van der Waals surface area contributed by atoms with E-state index < -0.39 is 0 Å². The van der Waals surface area contributed by atoms with E-state index in [1.807, 2.05) is 12.1 Å². The third-order valence-corrected chi connectivity index (χ3v) is 3.66. The predicted molar refractivity (Wildman–Crippen MR) is 88.6 cm³/mol. The number of nitrogens with zero attached hydrogens (tertiary/aromatic N) is 1. The van der Waals surface area contributed by atoms with E-state index >= 15 is 0 Å². The fraction of sp³-hybridized carbons (Fsp3) is 0. The molecule has 2 heterocycles. The van der Waals surface area contributed by atoms with Gasteiger partial charge >= 0.3 is 5.69 Å². The fourth-order valence-corrected chi connectivity index (χ4v) is 2.61. The van der Waals surface area contributed by atoms with Crippen LogP contribution in [0.1, 0.15) is 10.4 Å². The van der Waals surface area contributed by atoms with Gasteiger partial charge in [-0.25, -0.2) is 4.79 Å². The molecule has 0 saturated carbocycles. The van der Waals surface area contributed by atoms with Crippen LogP contribution in [0.15, 0.2) is 59.5 Å². The SMILES string of the molecule is O=C(Nc1ccc2[nH]c(=O)[nH]c2c1)c1cccc2ncccc12. The van der Waals surface area contributed by atoms with Crippen molar-refractivity contribution in [2.45, 2.75) is 0 Å². The van der Waals surface area contributed by atoms with Crippen LogP contribution in [-0.2, 0) is 0 Å². The van der Waals surface area contributed by atoms with Gasteiger partial charge in [-0.1, -0.05) is 12.1 Å². The summed E-state index contributed by atoms with van der Waals surface area (Å²) >= 11 is 0. The van der Waals surface area contributed by atoms with Crippen molar-refractivity contribution in [3.63, 3.8) is 0 Å². The Bertz CT molecular complexity index is 1090. The molecule has 0 unspecified atom stereocenters. The second-order valence-corrected chi connectivity index (χ2v) is 5.17. The van der Waals surface area contributed by atoms with Crippen LogP contribution in [0.2, 0.25) is 0 Å². The first-order valence-electron chi connectivity index (χ1n) is 7.08. The van der Waals surface area contributed by atoms with E-state index in [9.17, 15) is 9.59 Å². The third-order valence-electron chi connectivity index (χ3n) is 3.66. The van der Waals surface area contributed by atoms with Gasteiger partial charge in [-0.15, -0.1) is 0 Å². The van der Waals surface area contributed by atoms with E-state index in [0.717, 1.165) is 10.9 Å². The van der Waals surface area contributed by atoms with Gasteiger partial charge in [0.25, 0.3) is 5.91 Å². The minimum Gasteiger partial charge on any atom is -0.322 e. The quantitative estimate of drug-likeness (QED) is 0.531. The number of pyridine rings is 1. The molecule has 0 aliphatic rings. The summed E-state index contributed by atoms with van der Waals surface area (Å²) in [5, 5.41) is 3.64. The lowest BCUT2D eigenvalue weighted by atomic mass is 10.1. The first-order valence-corrected chi connectivity index (χ1v) is 7.08. The highest BCUT2D eigenvalue weighted by molar-refractivity contribution is 6.12. The molecule has 6 heteroatoms. The van der Waals surface area contributed by atoms with Gasteiger partial charge in [-0.3, -0.25) is 9.78 Å². The smallest absolute Gasteiger partial charge is 0.322 e. The molecule has 0 aliphatic heterocycles. The predicted octanol–water partition coefficient (Wildman–Crippen LogP) is 2.66. The molecule has 4 rings (SSSR count). The van der Waals surface area contributed by atoms with Crippen molar-refractivity contribution in [1.82, 2.24) is 15.0 Å². The van der Waals surface area contributed by atoms with Gasteiger partial charge in [0.1, 0.15) is 0 Å². The molecule has 112 valence electrons. The number of anilines is 1. The Morgan fingerprint density at radius 2 is 1.87 bits per heavy atom. The summed E-state index contributed by atoms with van der Waals surface area (Å²) in [4.78, 5) is 33.4. The molecule has 0 fully saturated rings. The van der Waals surface area contributed by atoms with E-state index in [0.29, 0.717) is 22.3 Å². The first kappa shape index (κ1) is 13.3. The third kappa shape index (κ3) is 2.36. The average molecular weight is 304 g/mol. The number of amides is 1. The maximum Gasteiger partial charge on any atom is 0.323 e. The van der Waals surface area contributed by atoms with Crippen LogP contribution in [0.5, 0.6) is 0 Å². The zero-order valence-electron chi connectivity index (χ0n) is 12.0. The minimum atomic E-state index is -0.274. The number of nitrogens with one attached hydrogen (secondary N) is 3. The number of aromatic amines is 2. The number of hydrogen-bond donors (Lipinski definition) is 3. The molecule has 2 aromatic heterocycles. The normalized spacial score (nSPS) is 11.0. The molecule has 6 nitrogen and oxygen atoms in total. The number of carbonyl (C=O) groups excluding carboxylic acids is 1. The van der Waals surface area contributed by atoms with Crippen molar-refractivity contribution in [3.05, 3.63) is 70.8 Å². The largest absolute Gasteiger partial charge is 0.323 e. The molecule has 23 heavy (non-hydrogen) atoms. The maximum atomic E-state index is 12.6. The molecule has 4 aromatic rings. The van der Waals surface area contributed by atoms with E-state index in [2.05, 4.69) is 20.3 Å². The molecule has 0 bridgehead atoms. The number of aromatic nitrogens is 3. The van der Waals surface area contributed by atoms with Crippen molar-refractivity contribution in [2.24, 2.45) is 0 Å². The maximum absolute atomic E-state index is 12.6. The molecule has 0 radical (unpaired) electrons. The van der Waals surface area contributed by atoms with Gasteiger partial charge in [0.2, 0.25) is 0 Å². The molecule has 3 N–H and O–H groups in total. The van der Waals surface area contributed by atoms with Crippen LogP contribution < -0.4 is 11.0 Å². The van der Waals surface area contributed by atoms with Crippen molar-refractivity contribution >= 4 is 33.5 Å². The van der Waals surface area contributed by atoms with E-state index in [-0.39, 0.29) is 11.6 Å². The molecule has 0 atom stereocenters. The average Bonchev–Trinajstić information content (AvgIpc) is 2.93. The van der Waals surface area contributed by atoms with Crippen LogP contribution in [-0.4, -0.2) is 20.9 Å². The molecular formula is C17H12N4O2.